The Hall–Kier alpha value is -0.240. The predicted octanol–water partition coefficient (Wildman–Crippen LogP) is 1.63. The summed E-state index contributed by atoms with van der Waals surface area (Å²) in [7, 11) is 0. The van der Waals surface area contributed by atoms with E-state index < -0.39 is 0 Å². The molecule has 6 atom stereocenters. The molecule has 1 aliphatic carbocycles. The van der Waals surface area contributed by atoms with Gasteiger partial charge in [-0.05, 0) is 31.1 Å². The molecular formula is C21H38N2O4. The van der Waals surface area contributed by atoms with E-state index in [9.17, 15) is 0 Å². The molecule has 5 aliphatic rings. The zero-order chi connectivity index (χ0) is 17.3. The van der Waals surface area contributed by atoms with Crippen molar-refractivity contribution in [1.82, 2.24) is 9.80 Å². The van der Waals surface area contributed by atoms with E-state index in [4.69, 9.17) is 18.9 Å². The van der Waals surface area contributed by atoms with E-state index in [2.05, 4.69) is 9.80 Å². The van der Waals surface area contributed by atoms with Crippen LogP contribution in [0.4, 0.5) is 0 Å². The monoisotopic (exact) mass is 382 g/mol. The number of rotatable bonds is 12. The van der Waals surface area contributed by atoms with Gasteiger partial charge in [0.2, 0.25) is 0 Å². The van der Waals surface area contributed by atoms with Gasteiger partial charge in [0.25, 0.3) is 0 Å². The maximum atomic E-state index is 5.48. The SMILES string of the molecule is C.C1CC(CN(CC2CO2)CC2CO2)CC(CN(CC2CO2)CC2CO2)C1. The third-order valence-corrected chi connectivity index (χ3v) is 6.38. The van der Waals surface area contributed by atoms with E-state index in [1.165, 1.54) is 38.8 Å². The quantitative estimate of drug-likeness (QED) is 0.478. The summed E-state index contributed by atoms with van der Waals surface area (Å²) in [4.78, 5) is 5.24. The Labute approximate surface area is 164 Å². The fourth-order valence-corrected chi connectivity index (χ4v) is 4.76. The highest BCUT2D eigenvalue weighted by atomic mass is 16.6. The second kappa shape index (κ2) is 9.06. The summed E-state index contributed by atoms with van der Waals surface area (Å²) in [5.41, 5.74) is 0. The van der Waals surface area contributed by atoms with Crippen LogP contribution in [0.1, 0.15) is 33.1 Å². The molecule has 4 aliphatic heterocycles. The van der Waals surface area contributed by atoms with Crippen LogP contribution < -0.4 is 0 Å². The lowest BCUT2D eigenvalue weighted by molar-refractivity contribution is 0.125. The molecule has 0 aromatic rings. The number of ether oxygens (including phenoxy) is 4. The van der Waals surface area contributed by atoms with Crippen molar-refractivity contribution >= 4 is 0 Å². The Morgan fingerprint density at radius 2 is 0.889 bits per heavy atom. The van der Waals surface area contributed by atoms with Crippen LogP contribution in [0.25, 0.3) is 0 Å². The van der Waals surface area contributed by atoms with Crippen molar-refractivity contribution in [2.45, 2.75) is 57.5 Å². The van der Waals surface area contributed by atoms with Gasteiger partial charge >= 0.3 is 0 Å². The molecule has 0 N–H and O–H groups in total. The van der Waals surface area contributed by atoms with Gasteiger partial charge in [0.1, 0.15) is 0 Å². The lowest BCUT2D eigenvalue weighted by atomic mass is 9.80. The van der Waals surface area contributed by atoms with Gasteiger partial charge in [-0.15, -0.1) is 0 Å². The minimum Gasteiger partial charge on any atom is -0.372 e. The molecule has 0 aromatic carbocycles. The number of hydrogen-bond donors (Lipinski definition) is 0. The van der Waals surface area contributed by atoms with Crippen molar-refractivity contribution < 1.29 is 18.9 Å². The predicted molar refractivity (Wildman–Crippen MR) is 104 cm³/mol. The first-order valence-electron chi connectivity index (χ1n) is 10.7. The lowest BCUT2D eigenvalue weighted by Crippen LogP contribution is -2.40. The Balaban J connectivity index is 0.00000180. The second-order valence-electron chi connectivity index (χ2n) is 9.16. The van der Waals surface area contributed by atoms with Crippen LogP contribution in [0.15, 0.2) is 0 Å². The van der Waals surface area contributed by atoms with Crippen LogP contribution in [-0.4, -0.2) is 99.9 Å². The average molecular weight is 383 g/mol. The van der Waals surface area contributed by atoms with Crippen molar-refractivity contribution in [1.29, 1.82) is 0 Å². The van der Waals surface area contributed by atoms with Crippen LogP contribution in [0, 0.1) is 11.8 Å². The zero-order valence-electron chi connectivity index (χ0n) is 15.9. The zero-order valence-corrected chi connectivity index (χ0v) is 15.9. The van der Waals surface area contributed by atoms with Gasteiger partial charge in [0.05, 0.1) is 50.8 Å². The highest BCUT2D eigenvalue weighted by Gasteiger charge is 2.35. The largest absolute Gasteiger partial charge is 0.372 e. The summed E-state index contributed by atoms with van der Waals surface area (Å²) in [6.07, 6.45) is 7.49. The second-order valence-corrected chi connectivity index (χ2v) is 9.16. The first-order valence-corrected chi connectivity index (χ1v) is 10.7. The molecule has 4 saturated heterocycles. The summed E-state index contributed by atoms with van der Waals surface area (Å²) in [5.74, 6) is 1.67. The summed E-state index contributed by atoms with van der Waals surface area (Å²) in [6.45, 7) is 10.7. The van der Waals surface area contributed by atoms with Gasteiger partial charge in [0.15, 0.2) is 0 Å². The van der Waals surface area contributed by atoms with Crippen molar-refractivity contribution in [3.05, 3.63) is 0 Å². The smallest absolute Gasteiger partial charge is 0.0936 e. The topological polar surface area (TPSA) is 56.6 Å². The number of hydrogen-bond acceptors (Lipinski definition) is 6. The molecule has 5 rings (SSSR count). The van der Waals surface area contributed by atoms with Gasteiger partial charge in [-0.3, -0.25) is 9.80 Å². The highest BCUT2D eigenvalue weighted by Crippen LogP contribution is 2.32. The highest BCUT2D eigenvalue weighted by molar-refractivity contribution is 4.86. The fourth-order valence-electron chi connectivity index (χ4n) is 4.76. The van der Waals surface area contributed by atoms with E-state index in [-0.39, 0.29) is 7.43 Å². The van der Waals surface area contributed by atoms with Crippen molar-refractivity contribution in [2.24, 2.45) is 11.8 Å². The van der Waals surface area contributed by atoms with Crippen LogP contribution in [0.2, 0.25) is 0 Å². The molecule has 6 nitrogen and oxygen atoms in total. The van der Waals surface area contributed by atoms with Crippen LogP contribution in [0.3, 0.4) is 0 Å². The Kier molecular flexibility index (Phi) is 6.72. The van der Waals surface area contributed by atoms with E-state index in [1.54, 1.807) is 0 Å². The van der Waals surface area contributed by atoms with Crippen LogP contribution in [-0.2, 0) is 18.9 Å². The summed E-state index contributed by atoms with van der Waals surface area (Å²) in [6, 6.07) is 0. The van der Waals surface area contributed by atoms with E-state index >= 15 is 0 Å². The molecule has 4 heterocycles. The van der Waals surface area contributed by atoms with E-state index in [0.29, 0.717) is 24.4 Å². The molecule has 0 radical (unpaired) electrons. The molecule has 0 amide bonds. The van der Waals surface area contributed by atoms with Crippen LogP contribution in [0.5, 0.6) is 0 Å². The lowest BCUT2D eigenvalue weighted by Gasteiger charge is -2.35. The van der Waals surface area contributed by atoms with Gasteiger partial charge in [-0.2, -0.15) is 0 Å². The van der Waals surface area contributed by atoms with Gasteiger partial charge < -0.3 is 18.9 Å². The minimum atomic E-state index is 0. The maximum Gasteiger partial charge on any atom is 0.0936 e. The standard InChI is InChI=1S/C20H34N2O4.CH4/c1-2-15(5-21(7-17-11-23-17)8-18-12-24-18)4-16(3-1)6-22(9-19-13-25-19)10-20-14-26-20;/h15-20H,1-14H2;1H4. The molecular weight excluding hydrogens is 344 g/mol. The molecule has 1 saturated carbocycles. The summed E-state index contributed by atoms with van der Waals surface area (Å²) < 4.78 is 21.9. The molecule has 0 aromatic heterocycles. The Bertz CT molecular complexity index is 395. The van der Waals surface area contributed by atoms with Crippen molar-refractivity contribution in [2.75, 3.05) is 65.7 Å². The third-order valence-electron chi connectivity index (χ3n) is 6.38. The fraction of sp³-hybridized carbons (Fsp3) is 1.00. The minimum absolute atomic E-state index is 0. The summed E-state index contributed by atoms with van der Waals surface area (Å²) in [5, 5.41) is 0. The molecule has 6 heteroatoms. The molecule has 0 spiro atoms. The van der Waals surface area contributed by atoms with Gasteiger partial charge in [-0.25, -0.2) is 0 Å². The number of epoxide rings is 4. The average Bonchev–Trinajstić information content (AvgIpc) is 3.40. The van der Waals surface area contributed by atoms with Crippen molar-refractivity contribution in [3.8, 4) is 0 Å². The first-order chi connectivity index (χ1) is 12.8. The summed E-state index contributed by atoms with van der Waals surface area (Å²) >= 11 is 0. The van der Waals surface area contributed by atoms with Gasteiger partial charge in [-0.1, -0.05) is 13.8 Å². The van der Waals surface area contributed by atoms with E-state index in [1.807, 2.05) is 0 Å². The Morgan fingerprint density at radius 3 is 1.19 bits per heavy atom. The maximum absolute atomic E-state index is 5.48. The normalized spacial score (nSPS) is 39.3. The molecule has 0 bridgehead atoms. The van der Waals surface area contributed by atoms with E-state index in [0.717, 1.165) is 64.4 Å². The molecule has 6 unspecified atom stereocenters. The third kappa shape index (κ3) is 6.94. The first kappa shape index (κ1) is 20.0. The molecule has 156 valence electrons. The van der Waals surface area contributed by atoms with Crippen molar-refractivity contribution in [3.63, 3.8) is 0 Å². The molecule has 5 fully saturated rings. The number of nitrogens with zero attached hydrogens (tertiary/aromatic N) is 2. The van der Waals surface area contributed by atoms with Crippen LogP contribution >= 0.6 is 0 Å². The molecule has 27 heavy (non-hydrogen) atoms. The van der Waals surface area contributed by atoms with Gasteiger partial charge in [0, 0.05) is 39.3 Å². The Morgan fingerprint density at radius 1 is 0.556 bits per heavy atom.